The van der Waals surface area contributed by atoms with Crippen LogP contribution >= 0.6 is 0 Å². The fraction of sp³-hybridized carbons (Fsp3) is 0.667. The number of carbonyl (C=O) groups is 1. The molecular weight excluding hydrogens is 344 g/mol. The number of likely N-dealkylation sites (tertiary alicyclic amines) is 1. The fourth-order valence-electron chi connectivity index (χ4n) is 4.28. The van der Waals surface area contributed by atoms with Crippen LogP contribution in [-0.4, -0.2) is 73.3 Å². The summed E-state index contributed by atoms with van der Waals surface area (Å²) in [6.45, 7) is 7.60. The molecule has 1 unspecified atom stereocenters. The number of fused-ring (bicyclic) bond motifs is 1. The Balaban J connectivity index is 1.24. The van der Waals surface area contributed by atoms with Crippen LogP contribution in [0.3, 0.4) is 0 Å². The molecule has 0 aromatic heterocycles. The molecule has 6 nitrogen and oxygen atoms in total. The molecular formula is C21H30N2O4. The Labute approximate surface area is 161 Å². The van der Waals surface area contributed by atoms with E-state index in [2.05, 4.69) is 11.8 Å². The van der Waals surface area contributed by atoms with Crippen LogP contribution in [0.5, 0.6) is 11.5 Å². The number of piperidine rings is 1. The number of ether oxygens (including phenoxy) is 3. The van der Waals surface area contributed by atoms with Gasteiger partial charge in [0.1, 0.15) is 19.3 Å². The average molecular weight is 374 g/mol. The van der Waals surface area contributed by atoms with Crippen molar-refractivity contribution in [1.29, 1.82) is 0 Å². The minimum absolute atomic E-state index is 0.111. The van der Waals surface area contributed by atoms with Crippen molar-refractivity contribution < 1.29 is 19.0 Å². The van der Waals surface area contributed by atoms with Gasteiger partial charge in [-0.05, 0) is 31.4 Å². The first-order valence-corrected chi connectivity index (χ1v) is 10.2. The molecule has 1 atom stereocenters. The molecule has 0 aliphatic carbocycles. The summed E-state index contributed by atoms with van der Waals surface area (Å²) in [6, 6.07) is 7.86. The van der Waals surface area contributed by atoms with Crippen LogP contribution in [0.15, 0.2) is 24.3 Å². The lowest BCUT2D eigenvalue weighted by molar-refractivity contribution is -0.171. The number of morpholine rings is 1. The van der Waals surface area contributed by atoms with Gasteiger partial charge >= 0.3 is 0 Å². The van der Waals surface area contributed by atoms with Gasteiger partial charge in [0.25, 0.3) is 0 Å². The number of nitrogens with zero attached hydrogens (tertiary/aromatic N) is 2. The Morgan fingerprint density at radius 2 is 1.93 bits per heavy atom. The molecule has 148 valence electrons. The summed E-state index contributed by atoms with van der Waals surface area (Å²) in [5, 5.41) is 0. The molecule has 4 rings (SSSR count). The minimum atomic E-state index is -0.136. The second kappa shape index (κ2) is 8.07. The number of rotatable bonds is 5. The van der Waals surface area contributed by atoms with Crippen LogP contribution < -0.4 is 9.47 Å². The van der Waals surface area contributed by atoms with Crippen molar-refractivity contribution >= 4 is 5.91 Å². The molecule has 2 fully saturated rings. The Morgan fingerprint density at radius 3 is 2.70 bits per heavy atom. The van der Waals surface area contributed by atoms with Gasteiger partial charge < -0.3 is 24.0 Å². The lowest BCUT2D eigenvalue weighted by Crippen LogP contribution is -2.59. The summed E-state index contributed by atoms with van der Waals surface area (Å²) in [5.41, 5.74) is -0.136. The average Bonchev–Trinajstić information content (AvgIpc) is 2.71. The van der Waals surface area contributed by atoms with E-state index in [4.69, 9.17) is 14.2 Å². The Kier molecular flexibility index (Phi) is 5.55. The van der Waals surface area contributed by atoms with Gasteiger partial charge in [-0.25, -0.2) is 0 Å². The van der Waals surface area contributed by atoms with Crippen LogP contribution in [0.1, 0.15) is 32.6 Å². The maximum absolute atomic E-state index is 12.0. The molecule has 1 aromatic rings. The third-order valence-corrected chi connectivity index (χ3v) is 5.93. The van der Waals surface area contributed by atoms with E-state index >= 15 is 0 Å². The predicted octanol–water partition coefficient (Wildman–Crippen LogP) is 2.32. The van der Waals surface area contributed by atoms with Crippen LogP contribution in [-0.2, 0) is 9.53 Å². The van der Waals surface area contributed by atoms with E-state index in [1.54, 1.807) is 0 Å². The van der Waals surface area contributed by atoms with Crippen molar-refractivity contribution in [2.24, 2.45) is 0 Å². The summed E-state index contributed by atoms with van der Waals surface area (Å²) in [4.78, 5) is 16.5. The zero-order valence-electron chi connectivity index (χ0n) is 16.2. The SMILES string of the molecule is CCCN1CC2(CCN(CCC3COc4ccccc4O3)CC2)OCC1=O. The van der Waals surface area contributed by atoms with Crippen molar-refractivity contribution in [3.63, 3.8) is 0 Å². The van der Waals surface area contributed by atoms with Crippen molar-refractivity contribution in [2.75, 3.05) is 45.9 Å². The topological polar surface area (TPSA) is 51.2 Å². The van der Waals surface area contributed by atoms with Crippen LogP contribution in [0, 0.1) is 0 Å². The molecule has 0 saturated carbocycles. The maximum Gasteiger partial charge on any atom is 0.248 e. The normalized spacial score (nSPS) is 25.0. The highest BCUT2D eigenvalue weighted by atomic mass is 16.6. The van der Waals surface area contributed by atoms with E-state index in [1.165, 1.54) is 0 Å². The summed E-state index contributed by atoms with van der Waals surface area (Å²) in [7, 11) is 0. The zero-order valence-corrected chi connectivity index (χ0v) is 16.2. The largest absolute Gasteiger partial charge is 0.486 e. The first-order valence-electron chi connectivity index (χ1n) is 10.2. The molecule has 0 radical (unpaired) electrons. The van der Waals surface area contributed by atoms with Gasteiger partial charge in [0, 0.05) is 39.1 Å². The van der Waals surface area contributed by atoms with E-state index in [-0.39, 0.29) is 24.2 Å². The Bertz CT molecular complexity index is 657. The Morgan fingerprint density at radius 1 is 1.15 bits per heavy atom. The van der Waals surface area contributed by atoms with Gasteiger partial charge in [-0.15, -0.1) is 0 Å². The van der Waals surface area contributed by atoms with Gasteiger partial charge in [0.05, 0.1) is 5.60 Å². The van der Waals surface area contributed by atoms with E-state index < -0.39 is 0 Å². The van der Waals surface area contributed by atoms with E-state index in [9.17, 15) is 4.79 Å². The summed E-state index contributed by atoms with van der Waals surface area (Å²) in [6.07, 6.45) is 4.05. The molecule has 0 N–H and O–H groups in total. The highest BCUT2D eigenvalue weighted by molar-refractivity contribution is 5.78. The Hall–Kier alpha value is -1.79. The van der Waals surface area contributed by atoms with Crippen molar-refractivity contribution in [3.8, 4) is 11.5 Å². The van der Waals surface area contributed by atoms with Gasteiger partial charge in [-0.1, -0.05) is 19.1 Å². The zero-order chi connectivity index (χ0) is 18.7. The molecule has 1 spiro atoms. The van der Waals surface area contributed by atoms with E-state index in [0.717, 1.165) is 69.9 Å². The van der Waals surface area contributed by atoms with Crippen LogP contribution in [0.4, 0.5) is 0 Å². The predicted molar refractivity (Wildman–Crippen MR) is 102 cm³/mol. The fourth-order valence-corrected chi connectivity index (χ4v) is 4.28. The number of hydrogen-bond acceptors (Lipinski definition) is 5. The maximum atomic E-state index is 12.0. The summed E-state index contributed by atoms with van der Waals surface area (Å²) < 4.78 is 17.9. The van der Waals surface area contributed by atoms with Gasteiger partial charge in [0.2, 0.25) is 5.91 Å². The lowest BCUT2D eigenvalue weighted by Gasteiger charge is -2.47. The number of carbonyl (C=O) groups excluding carboxylic acids is 1. The number of amides is 1. The summed E-state index contributed by atoms with van der Waals surface area (Å²) >= 11 is 0. The highest BCUT2D eigenvalue weighted by Crippen LogP contribution is 2.33. The smallest absolute Gasteiger partial charge is 0.248 e. The van der Waals surface area contributed by atoms with Gasteiger partial charge in [-0.2, -0.15) is 0 Å². The standard InChI is InChI=1S/C21H30N2O4/c1-2-10-23-16-21(26-15-20(23)24)8-12-22(13-9-21)11-7-17-14-25-18-5-3-4-6-19(18)27-17/h3-6,17H,2,7-16H2,1H3. The minimum Gasteiger partial charge on any atom is -0.486 e. The molecule has 2 saturated heterocycles. The van der Waals surface area contributed by atoms with E-state index in [1.807, 2.05) is 29.2 Å². The third kappa shape index (κ3) is 4.22. The van der Waals surface area contributed by atoms with Gasteiger partial charge in [0.15, 0.2) is 11.5 Å². The molecule has 27 heavy (non-hydrogen) atoms. The van der Waals surface area contributed by atoms with Gasteiger partial charge in [-0.3, -0.25) is 4.79 Å². The lowest BCUT2D eigenvalue weighted by atomic mass is 9.89. The third-order valence-electron chi connectivity index (χ3n) is 5.93. The first kappa shape index (κ1) is 18.6. The first-order chi connectivity index (χ1) is 13.2. The van der Waals surface area contributed by atoms with Crippen molar-refractivity contribution in [2.45, 2.75) is 44.3 Å². The number of para-hydroxylation sites is 2. The van der Waals surface area contributed by atoms with E-state index in [0.29, 0.717) is 6.61 Å². The second-order valence-electron chi connectivity index (χ2n) is 7.91. The molecule has 1 aromatic carbocycles. The highest BCUT2D eigenvalue weighted by Gasteiger charge is 2.41. The van der Waals surface area contributed by atoms with Crippen LogP contribution in [0.25, 0.3) is 0 Å². The molecule has 1 amide bonds. The molecule has 3 aliphatic rings. The number of benzene rings is 1. The van der Waals surface area contributed by atoms with Crippen molar-refractivity contribution in [1.82, 2.24) is 9.80 Å². The monoisotopic (exact) mass is 374 g/mol. The quantitative estimate of drug-likeness (QED) is 0.792. The molecule has 0 bridgehead atoms. The number of hydrogen-bond donors (Lipinski definition) is 0. The summed E-state index contributed by atoms with van der Waals surface area (Å²) in [5.74, 6) is 1.83. The second-order valence-corrected chi connectivity index (χ2v) is 7.91. The van der Waals surface area contributed by atoms with Crippen LogP contribution in [0.2, 0.25) is 0 Å². The van der Waals surface area contributed by atoms with Crippen molar-refractivity contribution in [3.05, 3.63) is 24.3 Å². The molecule has 3 aliphatic heterocycles. The molecule has 3 heterocycles. The molecule has 6 heteroatoms.